The van der Waals surface area contributed by atoms with Crippen LogP contribution in [0.3, 0.4) is 0 Å². The molecule has 7 nitrogen and oxygen atoms in total. The summed E-state index contributed by atoms with van der Waals surface area (Å²) in [6.07, 6.45) is 2.69. The molecule has 1 amide bonds. The largest absolute Gasteiger partial charge is 0.283 e. The van der Waals surface area contributed by atoms with E-state index in [2.05, 4.69) is 15.5 Å². The van der Waals surface area contributed by atoms with Crippen molar-refractivity contribution in [2.75, 3.05) is 5.43 Å². The summed E-state index contributed by atoms with van der Waals surface area (Å²) in [6, 6.07) is 14.3. The van der Waals surface area contributed by atoms with Crippen molar-refractivity contribution in [2.45, 2.75) is 6.92 Å². The fourth-order valence-electron chi connectivity index (χ4n) is 2.68. The Bertz CT molecular complexity index is 1210. The van der Waals surface area contributed by atoms with Crippen LogP contribution in [-0.2, 0) is 0 Å². The molecule has 2 aromatic heterocycles. The van der Waals surface area contributed by atoms with E-state index < -0.39 is 11.5 Å². The third kappa shape index (κ3) is 3.09. The second-order valence-corrected chi connectivity index (χ2v) is 6.38. The van der Waals surface area contributed by atoms with Crippen LogP contribution in [0.2, 0.25) is 5.02 Å². The van der Waals surface area contributed by atoms with E-state index in [9.17, 15) is 9.59 Å². The molecule has 0 aliphatic carbocycles. The Hall–Kier alpha value is -3.45. The van der Waals surface area contributed by atoms with E-state index in [1.54, 1.807) is 28.9 Å². The van der Waals surface area contributed by atoms with E-state index in [1.807, 2.05) is 31.2 Å². The number of hydrogen-bond acceptors (Lipinski definition) is 4. The van der Waals surface area contributed by atoms with Crippen molar-refractivity contribution in [3.05, 3.63) is 87.6 Å². The number of halogens is 1. The minimum atomic E-state index is -0.505. The van der Waals surface area contributed by atoms with Gasteiger partial charge >= 0.3 is 0 Å². The molecular weight excluding hydrogens is 366 g/mol. The summed E-state index contributed by atoms with van der Waals surface area (Å²) in [5.74, 6) is -0.505. The van der Waals surface area contributed by atoms with E-state index in [0.717, 1.165) is 15.9 Å². The third-order valence-electron chi connectivity index (χ3n) is 4.11. The smallest absolute Gasteiger partial charge is 0.267 e. The highest BCUT2D eigenvalue weighted by Gasteiger charge is 2.14. The van der Waals surface area contributed by atoms with Crippen LogP contribution in [0.1, 0.15) is 15.9 Å². The maximum Gasteiger partial charge on any atom is 0.283 e. The zero-order valence-corrected chi connectivity index (χ0v) is 15.0. The minimum absolute atomic E-state index is 0.265. The molecule has 2 aromatic carbocycles. The van der Waals surface area contributed by atoms with Crippen molar-refractivity contribution in [3.8, 4) is 5.69 Å². The van der Waals surface area contributed by atoms with E-state index >= 15 is 0 Å². The van der Waals surface area contributed by atoms with Crippen LogP contribution in [-0.4, -0.2) is 25.3 Å². The van der Waals surface area contributed by atoms with E-state index in [4.69, 9.17) is 11.6 Å². The SMILES string of the molecule is Cc1ccc(-n2ncc3c(=O)n(NC(=O)c4ccccc4Cl)cnc32)cc1. The summed E-state index contributed by atoms with van der Waals surface area (Å²) < 4.78 is 2.60. The molecular formula is C19H14ClN5O2. The number of rotatable bonds is 3. The van der Waals surface area contributed by atoms with Crippen LogP contribution < -0.4 is 11.0 Å². The fraction of sp³-hybridized carbons (Fsp3) is 0.0526. The van der Waals surface area contributed by atoms with Crippen LogP contribution in [0, 0.1) is 6.92 Å². The lowest BCUT2D eigenvalue weighted by atomic mass is 10.2. The highest BCUT2D eigenvalue weighted by atomic mass is 35.5. The molecule has 0 radical (unpaired) electrons. The highest BCUT2D eigenvalue weighted by molar-refractivity contribution is 6.34. The summed E-state index contributed by atoms with van der Waals surface area (Å²) in [4.78, 5) is 29.4. The van der Waals surface area contributed by atoms with Gasteiger partial charge in [0.25, 0.3) is 11.5 Å². The minimum Gasteiger partial charge on any atom is -0.267 e. The Morgan fingerprint density at radius 2 is 1.85 bits per heavy atom. The maximum absolute atomic E-state index is 12.7. The molecule has 0 atom stereocenters. The predicted molar refractivity (Wildman–Crippen MR) is 103 cm³/mol. The number of aromatic nitrogens is 4. The van der Waals surface area contributed by atoms with E-state index in [-0.39, 0.29) is 10.9 Å². The lowest BCUT2D eigenvalue weighted by Crippen LogP contribution is -2.33. The van der Waals surface area contributed by atoms with Crippen molar-refractivity contribution in [1.29, 1.82) is 0 Å². The molecule has 4 rings (SSSR count). The number of fused-ring (bicyclic) bond motifs is 1. The van der Waals surface area contributed by atoms with Gasteiger partial charge in [-0.05, 0) is 31.2 Å². The first-order valence-corrected chi connectivity index (χ1v) is 8.51. The topological polar surface area (TPSA) is 81.8 Å². The van der Waals surface area contributed by atoms with Gasteiger partial charge in [0.2, 0.25) is 0 Å². The van der Waals surface area contributed by atoms with E-state index in [1.165, 1.54) is 12.5 Å². The zero-order valence-electron chi connectivity index (χ0n) is 14.3. The van der Waals surface area contributed by atoms with Gasteiger partial charge in [0.1, 0.15) is 11.7 Å². The van der Waals surface area contributed by atoms with Gasteiger partial charge in [-0.3, -0.25) is 15.0 Å². The van der Waals surface area contributed by atoms with Gasteiger partial charge < -0.3 is 0 Å². The lowest BCUT2D eigenvalue weighted by molar-refractivity contribution is 0.101. The molecule has 134 valence electrons. The van der Waals surface area contributed by atoms with Gasteiger partial charge in [-0.25, -0.2) is 14.3 Å². The lowest BCUT2D eigenvalue weighted by Gasteiger charge is -2.09. The fourth-order valence-corrected chi connectivity index (χ4v) is 2.90. The standard InChI is InChI=1S/C19H14ClN5O2/c1-12-6-8-13(9-7-12)25-17-15(10-22-25)19(27)24(11-21-17)23-18(26)14-4-2-3-5-16(14)20/h2-11H,1H3,(H,23,26). The Balaban J connectivity index is 1.71. The zero-order chi connectivity index (χ0) is 19.0. The number of nitrogens with zero attached hydrogens (tertiary/aromatic N) is 4. The van der Waals surface area contributed by atoms with Gasteiger partial charge in [0.05, 0.1) is 22.5 Å². The predicted octanol–water partition coefficient (Wildman–Crippen LogP) is 2.93. The molecule has 0 saturated heterocycles. The molecule has 4 aromatic rings. The van der Waals surface area contributed by atoms with Gasteiger partial charge in [0.15, 0.2) is 5.65 Å². The van der Waals surface area contributed by atoms with Gasteiger partial charge in [-0.1, -0.05) is 41.4 Å². The maximum atomic E-state index is 12.7. The molecule has 0 aliphatic rings. The molecule has 27 heavy (non-hydrogen) atoms. The molecule has 0 spiro atoms. The van der Waals surface area contributed by atoms with Crippen molar-refractivity contribution in [2.24, 2.45) is 0 Å². The average Bonchev–Trinajstić information content (AvgIpc) is 3.10. The number of benzene rings is 2. The number of carbonyl (C=O) groups excluding carboxylic acids is 1. The van der Waals surface area contributed by atoms with Gasteiger partial charge in [0, 0.05) is 0 Å². The second-order valence-electron chi connectivity index (χ2n) is 5.97. The first-order chi connectivity index (χ1) is 13.0. The molecule has 0 saturated carbocycles. The van der Waals surface area contributed by atoms with E-state index in [0.29, 0.717) is 10.7 Å². The monoisotopic (exact) mass is 379 g/mol. The van der Waals surface area contributed by atoms with Gasteiger partial charge in [-0.2, -0.15) is 5.10 Å². The summed E-state index contributed by atoms with van der Waals surface area (Å²) in [5, 5.41) is 4.84. The first-order valence-electron chi connectivity index (χ1n) is 8.13. The summed E-state index contributed by atoms with van der Waals surface area (Å²) in [6.45, 7) is 1.99. The number of aryl methyl sites for hydroxylation is 1. The summed E-state index contributed by atoms with van der Waals surface area (Å²) in [7, 11) is 0. The second kappa shape index (κ2) is 6.69. The van der Waals surface area contributed by atoms with Crippen LogP contribution >= 0.6 is 11.6 Å². The third-order valence-corrected chi connectivity index (χ3v) is 4.44. The number of amides is 1. The number of hydrogen-bond donors (Lipinski definition) is 1. The average molecular weight is 380 g/mol. The van der Waals surface area contributed by atoms with Crippen LogP contribution in [0.4, 0.5) is 0 Å². The van der Waals surface area contributed by atoms with Crippen LogP contribution in [0.25, 0.3) is 16.7 Å². The number of carbonyl (C=O) groups is 1. The molecule has 2 heterocycles. The molecule has 0 aliphatic heterocycles. The molecule has 0 bridgehead atoms. The Morgan fingerprint density at radius 3 is 2.59 bits per heavy atom. The van der Waals surface area contributed by atoms with Crippen LogP contribution in [0.15, 0.2) is 65.8 Å². The van der Waals surface area contributed by atoms with Gasteiger partial charge in [-0.15, -0.1) is 0 Å². The summed E-state index contributed by atoms with van der Waals surface area (Å²) in [5.41, 5.74) is 4.65. The quantitative estimate of drug-likeness (QED) is 0.593. The Morgan fingerprint density at radius 1 is 1.11 bits per heavy atom. The Kier molecular flexibility index (Phi) is 4.21. The molecule has 0 unspecified atom stereocenters. The van der Waals surface area contributed by atoms with Crippen molar-refractivity contribution >= 4 is 28.5 Å². The first kappa shape index (κ1) is 17.0. The Labute approximate surface area is 158 Å². The highest BCUT2D eigenvalue weighted by Crippen LogP contribution is 2.16. The van der Waals surface area contributed by atoms with Crippen molar-refractivity contribution < 1.29 is 4.79 Å². The molecule has 0 fully saturated rings. The molecule has 8 heteroatoms. The van der Waals surface area contributed by atoms with Crippen molar-refractivity contribution in [1.82, 2.24) is 19.4 Å². The normalized spacial score (nSPS) is 10.9. The van der Waals surface area contributed by atoms with Crippen LogP contribution in [0.5, 0.6) is 0 Å². The summed E-state index contributed by atoms with van der Waals surface area (Å²) >= 11 is 6.03. The van der Waals surface area contributed by atoms with Crippen molar-refractivity contribution in [3.63, 3.8) is 0 Å². The molecule has 1 N–H and O–H groups in total. The number of nitrogens with one attached hydrogen (secondary N) is 1.